The van der Waals surface area contributed by atoms with Crippen molar-refractivity contribution >= 4 is 33.2 Å². The average Bonchev–Trinajstić information content (AvgIpc) is 3.27. The molecule has 0 bridgehead atoms. The Morgan fingerprint density at radius 3 is 2.48 bits per heavy atom. The standard InChI is InChI=1S/C24H28N4O3S2/c1-16-11-17(2)13-20(12-16)25-23(29)22(19-7-5-4-6-8-19)32-24-27-26-21(28(24)3)14-18-9-10-33(30,31)15-18/h4-8,11-13,18,22H,9-10,14-15H2,1-3H3,(H,25,29). The monoisotopic (exact) mass is 484 g/mol. The maximum absolute atomic E-state index is 13.4. The molecule has 2 atom stereocenters. The number of thioether (sulfide) groups is 1. The van der Waals surface area contributed by atoms with E-state index >= 15 is 0 Å². The molecule has 2 heterocycles. The number of nitrogens with zero attached hydrogens (tertiary/aromatic N) is 3. The second-order valence-corrected chi connectivity index (χ2v) is 12.0. The Balaban J connectivity index is 1.55. The number of nitrogens with one attached hydrogen (secondary N) is 1. The molecule has 2 aromatic carbocycles. The number of aromatic nitrogens is 3. The number of amides is 1. The van der Waals surface area contributed by atoms with Crippen LogP contribution in [-0.2, 0) is 28.1 Å². The lowest BCUT2D eigenvalue weighted by Gasteiger charge is -2.17. The second-order valence-electron chi connectivity index (χ2n) is 8.71. The summed E-state index contributed by atoms with van der Waals surface area (Å²) in [7, 11) is -1.07. The Bertz CT molecular complexity index is 1240. The molecular weight excluding hydrogens is 456 g/mol. The molecule has 3 aromatic rings. The minimum Gasteiger partial charge on any atom is -0.325 e. The van der Waals surface area contributed by atoms with E-state index in [4.69, 9.17) is 0 Å². The molecular formula is C24H28N4O3S2. The first-order chi connectivity index (χ1) is 15.7. The lowest BCUT2D eigenvalue weighted by Crippen LogP contribution is -2.19. The molecule has 0 aliphatic carbocycles. The summed E-state index contributed by atoms with van der Waals surface area (Å²) in [6, 6.07) is 15.6. The van der Waals surface area contributed by atoms with Crippen LogP contribution in [0.1, 0.15) is 34.2 Å². The van der Waals surface area contributed by atoms with Crippen molar-refractivity contribution in [2.24, 2.45) is 13.0 Å². The molecule has 1 aromatic heterocycles. The molecule has 0 radical (unpaired) electrons. The van der Waals surface area contributed by atoms with Gasteiger partial charge in [-0.25, -0.2) is 8.42 Å². The number of aryl methyl sites for hydroxylation is 2. The van der Waals surface area contributed by atoms with Gasteiger partial charge in [0.1, 0.15) is 11.1 Å². The Kier molecular flexibility index (Phi) is 6.90. The second kappa shape index (κ2) is 9.69. The Morgan fingerprint density at radius 1 is 1.15 bits per heavy atom. The van der Waals surface area contributed by atoms with Crippen LogP contribution in [-0.4, -0.2) is 40.6 Å². The molecule has 1 aliphatic rings. The highest BCUT2D eigenvalue weighted by atomic mass is 32.2. The summed E-state index contributed by atoms with van der Waals surface area (Å²) >= 11 is 1.34. The zero-order chi connectivity index (χ0) is 23.6. The molecule has 1 saturated heterocycles. The molecule has 1 aliphatic heterocycles. The molecule has 174 valence electrons. The fraction of sp³-hybridized carbons (Fsp3) is 0.375. The predicted molar refractivity (Wildman–Crippen MR) is 131 cm³/mol. The third-order valence-electron chi connectivity index (χ3n) is 5.78. The lowest BCUT2D eigenvalue weighted by atomic mass is 10.1. The average molecular weight is 485 g/mol. The lowest BCUT2D eigenvalue weighted by molar-refractivity contribution is -0.115. The SMILES string of the molecule is Cc1cc(C)cc(NC(=O)C(Sc2nnc(CC3CCS(=O)(=O)C3)n2C)c2ccccc2)c1. The molecule has 4 rings (SSSR count). The highest BCUT2D eigenvalue weighted by Gasteiger charge is 2.30. The van der Waals surface area contributed by atoms with Crippen LogP contribution in [0.4, 0.5) is 5.69 Å². The van der Waals surface area contributed by atoms with Gasteiger partial charge in [0, 0.05) is 19.2 Å². The van der Waals surface area contributed by atoms with Crippen LogP contribution >= 0.6 is 11.8 Å². The van der Waals surface area contributed by atoms with Crippen LogP contribution in [0.2, 0.25) is 0 Å². The van der Waals surface area contributed by atoms with Crippen molar-refractivity contribution in [3.8, 4) is 0 Å². The Hall–Kier alpha value is -2.65. The van der Waals surface area contributed by atoms with Crippen molar-refractivity contribution in [3.05, 3.63) is 71.0 Å². The van der Waals surface area contributed by atoms with Crippen molar-refractivity contribution < 1.29 is 13.2 Å². The van der Waals surface area contributed by atoms with Gasteiger partial charge in [-0.3, -0.25) is 4.79 Å². The van der Waals surface area contributed by atoms with Crippen LogP contribution in [0.25, 0.3) is 0 Å². The fourth-order valence-electron chi connectivity index (χ4n) is 4.18. The van der Waals surface area contributed by atoms with Gasteiger partial charge in [0.2, 0.25) is 5.91 Å². The van der Waals surface area contributed by atoms with Crippen molar-refractivity contribution in [2.75, 3.05) is 16.8 Å². The predicted octanol–water partition coefficient (Wildman–Crippen LogP) is 3.88. The van der Waals surface area contributed by atoms with Gasteiger partial charge < -0.3 is 9.88 Å². The number of carbonyl (C=O) groups is 1. The van der Waals surface area contributed by atoms with Crippen LogP contribution in [0.5, 0.6) is 0 Å². The number of sulfone groups is 1. The van der Waals surface area contributed by atoms with E-state index in [0.717, 1.165) is 28.2 Å². The third-order valence-corrected chi connectivity index (χ3v) is 8.90. The normalized spacial score (nSPS) is 18.2. The number of carbonyl (C=O) groups excluding carboxylic acids is 1. The molecule has 1 N–H and O–H groups in total. The number of benzene rings is 2. The van der Waals surface area contributed by atoms with Gasteiger partial charge in [-0.1, -0.05) is 48.2 Å². The summed E-state index contributed by atoms with van der Waals surface area (Å²) in [6.45, 7) is 4.01. The van der Waals surface area contributed by atoms with Gasteiger partial charge in [-0.2, -0.15) is 0 Å². The summed E-state index contributed by atoms with van der Waals surface area (Å²) in [5, 5.41) is 11.8. The quantitative estimate of drug-likeness (QED) is 0.512. The number of hydrogen-bond acceptors (Lipinski definition) is 6. The molecule has 33 heavy (non-hydrogen) atoms. The van der Waals surface area contributed by atoms with E-state index in [1.807, 2.05) is 67.9 Å². The molecule has 9 heteroatoms. The minimum atomic E-state index is -2.94. The Labute approximate surface area is 198 Å². The maximum atomic E-state index is 13.4. The molecule has 0 spiro atoms. The first kappa shape index (κ1) is 23.5. The van der Waals surface area contributed by atoms with Gasteiger partial charge >= 0.3 is 0 Å². The van der Waals surface area contributed by atoms with Crippen LogP contribution < -0.4 is 5.32 Å². The van der Waals surface area contributed by atoms with E-state index in [-0.39, 0.29) is 23.3 Å². The number of hydrogen-bond donors (Lipinski definition) is 1. The van der Waals surface area contributed by atoms with Gasteiger partial charge in [-0.15, -0.1) is 10.2 Å². The summed E-state index contributed by atoms with van der Waals surface area (Å²) in [6.07, 6.45) is 1.22. The van der Waals surface area contributed by atoms with E-state index < -0.39 is 15.1 Å². The van der Waals surface area contributed by atoms with Gasteiger partial charge in [-0.05, 0) is 55.0 Å². The van der Waals surface area contributed by atoms with Gasteiger partial charge in [0.05, 0.1) is 11.5 Å². The van der Waals surface area contributed by atoms with E-state index in [0.29, 0.717) is 18.0 Å². The number of anilines is 1. The van der Waals surface area contributed by atoms with Crippen LogP contribution in [0.15, 0.2) is 53.7 Å². The van der Waals surface area contributed by atoms with E-state index in [1.54, 1.807) is 0 Å². The fourth-order valence-corrected chi connectivity index (χ4v) is 7.06. The molecule has 0 saturated carbocycles. The summed E-state index contributed by atoms with van der Waals surface area (Å²) in [5.41, 5.74) is 3.80. The molecule has 2 unspecified atom stereocenters. The third kappa shape index (κ3) is 5.83. The summed E-state index contributed by atoms with van der Waals surface area (Å²) < 4.78 is 25.5. The van der Waals surface area contributed by atoms with E-state index in [2.05, 4.69) is 21.6 Å². The van der Waals surface area contributed by atoms with Crippen molar-refractivity contribution in [1.29, 1.82) is 0 Å². The number of rotatable bonds is 7. The minimum absolute atomic E-state index is 0.0635. The van der Waals surface area contributed by atoms with Crippen molar-refractivity contribution in [1.82, 2.24) is 14.8 Å². The topological polar surface area (TPSA) is 94.0 Å². The first-order valence-corrected chi connectivity index (χ1v) is 13.6. The highest BCUT2D eigenvalue weighted by molar-refractivity contribution is 8.00. The van der Waals surface area contributed by atoms with Crippen molar-refractivity contribution in [3.63, 3.8) is 0 Å². The molecule has 1 fully saturated rings. The van der Waals surface area contributed by atoms with E-state index in [1.165, 1.54) is 11.8 Å². The van der Waals surface area contributed by atoms with Crippen molar-refractivity contribution in [2.45, 2.75) is 37.1 Å². The van der Waals surface area contributed by atoms with E-state index in [9.17, 15) is 13.2 Å². The van der Waals surface area contributed by atoms with Gasteiger partial charge in [0.15, 0.2) is 15.0 Å². The molecule has 7 nitrogen and oxygen atoms in total. The molecule has 1 amide bonds. The highest BCUT2D eigenvalue weighted by Crippen LogP contribution is 2.36. The van der Waals surface area contributed by atoms with Gasteiger partial charge in [0.25, 0.3) is 0 Å². The summed E-state index contributed by atoms with van der Waals surface area (Å²) in [4.78, 5) is 13.4. The first-order valence-electron chi connectivity index (χ1n) is 10.9. The van der Waals surface area contributed by atoms with Crippen LogP contribution in [0.3, 0.4) is 0 Å². The zero-order valence-corrected chi connectivity index (χ0v) is 20.6. The summed E-state index contributed by atoms with van der Waals surface area (Å²) in [5.74, 6) is 1.11. The largest absolute Gasteiger partial charge is 0.325 e. The van der Waals surface area contributed by atoms with Crippen LogP contribution in [0, 0.1) is 19.8 Å². The zero-order valence-electron chi connectivity index (χ0n) is 19.0. The maximum Gasteiger partial charge on any atom is 0.242 e. The Morgan fingerprint density at radius 2 is 1.85 bits per heavy atom. The smallest absolute Gasteiger partial charge is 0.242 e.